The van der Waals surface area contributed by atoms with Gasteiger partial charge in [0, 0.05) is 0 Å². The standard InChI is InChI=1S/C21H15F3O3/c22-21(23,24)18-9-1-14(2-10-18)13-27-20(26)17-5-3-15(4-6-17)16-7-11-19(25)12-8-16/h1-12,25H,13H2. The van der Waals surface area contributed by atoms with Crippen molar-refractivity contribution in [2.75, 3.05) is 0 Å². The van der Waals surface area contributed by atoms with Gasteiger partial charge in [0.2, 0.25) is 0 Å². The number of rotatable bonds is 4. The number of esters is 1. The molecular formula is C21H15F3O3. The zero-order valence-corrected chi connectivity index (χ0v) is 14.0. The predicted octanol–water partition coefficient (Wildman–Crippen LogP) is 5.44. The number of hydrogen-bond acceptors (Lipinski definition) is 3. The molecule has 0 aliphatic rings. The van der Waals surface area contributed by atoms with Crippen LogP contribution in [0.1, 0.15) is 21.5 Å². The van der Waals surface area contributed by atoms with Crippen LogP contribution in [0.25, 0.3) is 11.1 Å². The highest BCUT2D eigenvalue weighted by Crippen LogP contribution is 2.29. The summed E-state index contributed by atoms with van der Waals surface area (Å²) >= 11 is 0. The maximum atomic E-state index is 12.5. The molecule has 6 heteroatoms. The first-order valence-electron chi connectivity index (χ1n) is 8.06. The summed E-state index contributed by atoms with van der Waals surface area (Å²) in [6, 6.07) is 17.8. The van der Waals surface area contributed by atoms with Gasteiger partial charge in [-0.15, -0.1) is 0 Å². The summed E-state index contributed by atoms with van der Waals surface area (Å²) in [6.07, 6.45) is -4.39. The average molecular weight is 372 g/mol. The SMILES string of the molecule is O=C(OCc1ccc(C(F)(F)F)cc1)c1ccc(-c2ccc(O)cc2)cc1. The van der Waals surface area contributed by atoms with Gasteiger partial charge in [0.25, 0.3) is 0 Å². The Balaban J connectivity index is 1.62. The van der Waals surface area contributed by atoms with Gasteiger partial charge in [-0.1, -0.05) is 36.4 Å². The minimum absolute atomic E-state index is 0.114. The van der Waals surface area contributed by atoms with Gasteiger partial charge in [0.05, 0.1) is 11.1 Å². The minimum atomic E-state index is -4.39. The molecule has 0 aromatic heterocycles. The number of hydrogen-bond donors (Lipinski definition) is 1. The summed E-state index contributed by atoms with van der Waals surface area (Å²) in [7, 11) is 0. The molecule has 0 saturated heterocycles. The lowest BCUT2D eigenvalue weighted by atomic mass is 10.0. The average Bonchev–Trinajstić information content (AvgIpc) is 2.66. The lowest BCUT2D eigenvalue weighted by molar-refractivity contribution is -0.137. The highest BCUT2D eigenvalue weighted by Gasteiger charge is 2.29. The molecule has 0 saturated carbocycles. The second-order valence-corrected chi connectivity index (χ2v) is 5.90. The number of phenolic OH excluding ortho intramolecular Hbond substituents is 1. The molecule has 0 radical (unpaired) electrons. The molecule has 0 aliphatic carbocycles. The van der Waals surface area contributed by atoms with Gasteiger partial charge in [-0.05, 0) is 53.1 Å². The van der Waals surface area contributed by atoms with Crippen molar-refractivity contribution >= 4 is 5.97 Å². The van der Waals surface area contributed by atoms with Crippen molar-refractivity contribution in [1.82, 2.24) is 0 Å². The van der Waals surface area contributed by atoms with Crippen molar-refractivity contribution in [3.63, 3.8) is 0 Å². The summed E-state index contributed by atoms with van der Waals surface area (Å²) in [4.78, 5) is 12.1. The molecular weight excluding hydrogens is 357 g/mol. The number of aromatic hydroxyl groups is 1. The number of benzene rings is 3. The number of halogens is 3. The van der Waals surface area contributed by atoms with Crippen LogP contribution in [0, 0.1) is 0 Å². The lowest BCUT2D eigenvalue weighted by Crippen LogP contribution is -2.07. The third-order valence-corrected chi connectivity index (χ3v) is 3.97. The molecule has 3 aromatic carbocycles. The Morgan fingerprint density at radius 3 is 1.85 bits per heavy atom. The van der Waals surface area contributed by atoms with Crippen LogP contribution in [0.2, 0.25) is 0 Å². The zero-order chi connectivity index (χ0) is 19.4. The molecule has 0 atom stereocenters. The second kappa shape index (κ2) is 7.53. The first kappa shape index (κ1) is 18.5. The summed E-state index contributed by atoms with van der Waals surface area (Å²) < 4.78 is 42.7. The molecule has 0 aliphatic heterocycles. The highest BCUT2D eigenvalue weighted by molar-refractivity contribution is 5.90. The van der Waals surface area contributed by atoms with Crippen LogP contribution in [0.15, 0.2) is 72.8 Å². The fourth-order valence-corrected chi connectivity index (χ4v) is 2.47. The number of ether oxygens (including phenoxy) is 1. The quantitative estimate of drug-likeness (QED) is 0.621. The largest absolute Gasteiger partial charge is 0.508 e. The van der Waals surface area contributed by atoms with Gasteiger partial charge in [-0.2, -0.15) is 13.2 Å². The van der Waals surface area contributed by atoms with Crippen molar-refractivity contribution < 1.29 is 27.8 Å². The van der Waals surface area contributed by atoms with Crippen LogP contribution in [0.3, 0.4) is 0 Å². The van der Waals surface area contributed by atoms with E-state index in [1.54, 1.807) is 48.5 Å². The smallest absolute Gasteiger partial charge is 0.416 e. The number of phenols is 1. The van der Waals surface area contributed by atoms with E-state index < -0.39 is 17.7 Å². The van der Waals surface area contributed by atoms with E-state index >= 15 is 0 Å². The number of carbonyl (C=O) groups is 1. The number of alkyl halides is 3. The third kappa shape index (κ3) is 4.67. The molecule has 0 spiro atoms. The van der Waals surface area contributed by atoms with Crippen LogP contribution in [-0.2, 0) is 17.5 Å². The molecule has 0 unspecified atom stereocenters. The van der Waals surface area contributed by atoms with E-state index in [1.807, 2.05) is 0 Å². The first-order valence-corrected chi connectivity index (χ1v) is 8.06. The Kier molecular flexibility index (Phi) is 5.16. The van der Waals surface area contributed by atoms with Gasteiger partial charge >= 0.3 is 12.1 Å². The van der Waals surface area contributed by atoms with Crippen LogP contribution in [0.4, 0.5) is 13.2 Å². The van der Waals surface area contributed by atoms with Gasteiger partial charge < -0.3 is 9.84 Å². The molecule has 3 nitrogen and oxygen atoms in total. The molecule has 0 bridgehead atoms. The molecule has 1 N–H and O–H groups in total. The maximum Gasteiger partial charge on any atom is 0.416 e. The van der Waals surface area contributed by atoms with Crippen LogP contribution >= 0.6 is 0 Å². The molecule has 0 heterocycles. The van der Waals surface area contributed by atoms with E-state index in [-0.39, 0.29) is 12.4 Å². The van der Waals surface area contributed by atoms with Crippen LogP contribution < -0.4 is 0 Å². The third-order valence-electron chi connectivity index (χ3n) is 3.97. The van der Waals surface area contributed by atoms with E-state index in [2.05, 4.69) is 0 Å². The predicted molar refractivity (Wildman–Crippen MR) is 94.1 cm³/mol. The molecule has 27 heavy (non-hydrogen) atoms. The van der Waals surface area contributed by atoms with Crippen molar-refractivity contribution in [2.45, 2.75) is 12.8 Å². The summed E-state index contributed by atoms with van der Waals surface area (Å²) in [5, 5.41) is 9.31. The normalized spacial score (nSPS) is 11.2. The van der Waals surface area contributed by atoms with Crippen molar-refractivity contribution in [2.24, 2.45) is 0 Å². The highest BCUT2D eigenvalue weighted by atomic mass is 19.4. The van der Waals surface area contributed by atoms with Gasteiger partial charge in [0.1, 0.15) is 12.4 Å². The number of carbonyl (C=O) groups excluding carboxylic acids is 1. The van der Waals surface area contributed by atoms with Gasteiger partial charge in [0.15, 0.2) is 0 Å². The fraction of sp³-hybridized carbons (Fsp3) is 0.0952. The summed E-state index contributed by atoms with van der Waals surface area (Å²) in [6.45, 7) is -0.114. The minimum Gasteiger partial charge on any atom is -0.508 e. The summed E-state index contributed by atoms with van der Waals surface area (Å²) in [5.41, 5.74) is 1.82. The topological polar surface area (TPSA) is 46.5 Å². The Labute approximate surface area is 153 Å². The van der Waals surface area contributed by atoms with E-state index in [1.165, 1.54) is 12.1 Å². The van der Waals surface area contributed by atoms with Crippen LogP contribution in [0.5, 0.6) is 5.75 Å². The molecule has 0 fully saturated rings. The second-order valence-electron chi connectivity index (χ2n) is 5.90. The lowest BCUT2D eigenvalue weighted by Gasteiger charge is -2.09. The summed E-state index contributed by atoms with van der Waals surface area (Å²) in [5.74, 6) is -0.394. The zero-order valence-electron chi connectivity index (χ0n) is 14.0. The first-order chi connectivity index (χ1) is 12.8. The van der Waals surface area contributed by atoms with Gasteiger partial charge in [-0.25, -0.2) is 4.79 Å². The molecule has 138 valence electrons. The Bertz CT molecular complexity index is 913. The Morgan fingerprint density at radius 2 is 1.33 bits per heavy atom. The van der Waals surface area contributed by atoms with E-state index in [0.29, 0.717) is 11.1 Å². The van der Waals surface area contributed by atoms with Crippen LogP contribution in [-0.4, -0.2) is 11.1 Å². The van der Waals surface area contributed by atoms with Gasteiger partial charge in [-0.3, -0.25) is 0 Å². The monoisotopic (exact) mass is 372 g/mol. The Hall–Kier alpha value is -3.28. The molecule has 3 aromatic rings. The fourth-order valence-electron chi connectivity index (χ4n) is 2.47. The Morgan fingerprint density at radius 1 is 0.815 bits per heavy atom. The van der Waals surface area contributed by atoms with E-state index in [4.69, 9.17) is 4.74 Å². The van der Waals surface area contributed by atoms with Crippen molar-refractivity contribution in [3.05, 3.63) is 89.5 Å². The van der Waals surface area contributed by atoms with E-state index in [0.717, 1.165) is 23.3 Å². The van der Waals surface area contributed by atoms with Crippen molar-refractivity contribution in [3.8, 4) is 16.9 Å². The van der Waals surface area contributed by atoms with E-state index in [9.17, 15) is 23.1 Å². The molecule has 3 rings (SSSR count). The van der Waals surface area contributed by atoms with Crippen molar-refractivity contribution in [1.29, 1.82) is 0 Å². The maximum absolute atomic E-state index is 12.5. The molecule has 0 amide bonds.